The molecule has 1 aliphatic rings. The Balaban J connectivity index is 1.50. The van der Waals surface area contributed by atoms with E-state index >= 15 is 0 Å². The quantitative estimate of drug-likeness (QED) is 0.284. The zero-order valence-electron chi connectivity index (χ0n) is 20.3. The summed E-state index contributed by atoms with van der Waals surface area (Å²) in [7, 11) is 0. The van der Waals surface area contributed by atoms with Gasteiger partial charge >= 0.3 is 0 Å². The third-order valence-corrected chi connectivity index (χ3v) is 7.92. The van der Waals surface area contributed by atoms with Crippen LogP contribution in [0.4, 0.5) is 0 Å². The Hall–Kier alpha value is -1.56. The molecule has 3 rings (SSSR count). The smallest absolute Gasteiger partial charge is 0.00918 e. The summed E-state index contributed by atoms with van der Waals surface area (Å²) in [4.78, 5) is 0. The van der Waals surface area contributed by atoms with Gasteiger partial charge in [-0.3, -0.25) is 0 Å². The van der Waals surface area contributed by atoms with Crippen LogP contribution in [0.2, 0.25) is 0 Å². The first-order valence-electron chi connectivity index (χ1n) is 13.3. The normalized spacial score (nSPS) is 17.0. The first kappa shape index (κ1) is 24.1. The SMILES string of the molecule is CCCCCC1(CCCCC(C)CC(c2ccccc2)c2ccccc2)CCCCC1. The van der Waals surface area contributed by atoms with Crippen LogP contribution >= 0.6 is 0 Å². The van der Waals surface area contributed by atoms with Crippen molar-refractivity contribution in [1.82, 2.24) is 0 Å². The summed E-state index contributed by atoms with van der Waals surface area (Å²) >= 11 is 0. The second-order valence-corrected chi connectivity index (χ2v) is 10.5. The highest BCUT2D eigenvalue weighted by Crippen LogP contribution is 2.45. The summed E-state index contributed by atoms with van der Waals surface area (Å²) in [6.45, 7) is 4.82. The van der Waals surface area contributed by atoms with E-state index in [-0.39, 0.29) is 0 Å². The molecule has 0 spiro atoms. The van der Waals surface area contributed by atoms with Gasteiger partial charge in [0, 0.05) is 5.92 Å². The van der Waals surface area contributed by atoms with Crippen molar-refractivity contribution in [3.8, 4) is 0 Å². The number of hydrogen-bond acceptors (Lipinski definition) is 0. The maximum absolute atomic E-state index is 2.48. The number of benzene rings is 2. The molecule has 0 heterocycles. The Morgan fingerprint density at radius 2 is 1.26 bits per heavy atom. The molecule has 1 aliphatic carbocycles. The van der Waals surface area contributed by atoms with Crippen molar-refractivity contribution in [3.05, 3.63) is 71.8 Å². The Labute approximate surface area is 192 Å². The van der Waals surface area contributed by atoms with E-state index < -0.39 is 0 Å². The molecule has 0 bridgehead atoms. The van der Waals surface area contributed by atoms with Crippen LogP contribution in [0, 0.1) is 11.3 Å². The van der Waals surface area contributed by atoms with Gasteiger partial charge in [-0.1, -0.05) is 132 Å². The van der Waals surface area contributed by atoms with Crippen molar-refractivity contribution in [1.29, 1.82) is 0 Å². The topological polar surface area (TPSA) is 0 Å². The van der Waals surface area contributed by atoms with E-state index in [1.165, 1.54) is 101 Å². The van der Waals surface area contributed by atoms with E-state index in [2.05, 4.69) is 74.5 Å². The number of rotatable bonds is 13. The van der Waals surface area contributed by atoms with Gasteiger partial charge in [-0.2, -0.15) is 0 Å². The molecule has 0 aliphatic heterocycles. The number of unbranched alkanes of at least 4 members (excludes halogenated alkanes) is 3. The maximum atomic E-state index is 2.48. The molecule has 2 aromatic carbocycles. The first-order valence-corrected chi connectivity index (χ1v) is 13.3. The molecular formula is C31H46. The molecule has 170 valence electrons. The van der Waals surface area contributed by atoms with Gasteiger partial charge in [0.25, 0.3) is 0 Å². The van der Waals surface area contributed by atoms with E-state index in [0.29, 0.717) is 11.3 Å². The van der Waals surface area contributed by atoms with E-state index in [4.69, 9.17) is 0 Å². The predicted molar refractivity (Wildman–Crippen MR) is 137 cm³/mol. The van der Waals surface area contributed by atoms with Gasteiger partial charge in [-0.05, 0) is 54.6 Å². The van der Waals surface area contributed by atoms with Crippen LogP contribution in [0.25, 0.3) is 0 Å². The molecule has 0 radical (unpaired) electrons. The lowest BCUT2D eigenvalue weighted by atomic mass is 9.68. The monoisotopic (exact) mass is 418 g/mol. The van der Waals surface area contributed by atoms with Crippen LogP contribution in [0.1, 0.15) is 121 Å². The largest absolute Gasteiger partial charge is 0.0654 e. The fraction of sp³-hybridized carbons (Fsp3) is 0.613. The van der Waals surface area contributed by atoms with Crippen LogP contribution in [0.3, 0.4) is 0 Å². The zero-order valence-corrected chi connectivity index (χ0v) is 20.3. The molecule has 0 heteroatoms. The highest BCUT2D eigenvalue weighted by atomic mass is 14.4. The lowest BCUT2D eigenvalue weighted by Crippen LogP contribution is -2.24. The maximum Gasteiger partial charge on any atom is 0.00918 e. The predicted octanol–water partition coefficient (Wildman–Crippen LogP) is 9.94. The second kappa shape index (κ2) is 13.1. The van der Waals surface area contributed by atoms with Crippen LogP contribution < -0.4 is 0 Å². The fourth-order valence-electron chi connectivity index (χ4n) is 6.03. The standard InChI is InChI=1S/C31H46/c1-3-4-13-22-31(23-14-7-15-24-31)25-16-12-17-27(2)26-30(28-18-8-5-9-19-28)29-20-10-6-11-21-29/h5-6,8-11,18-21,27,30H,3-4,7,12-17,22-26H2,1-2H3. The summed E-state index contributed by atoms with van der Waals surface area (Å²) in [5, 5.41) is 0. The van der Waals surface area contributed by atoms with Gasteiger partial charge in [0.2, 0.25) is 0 Å². The summed E-state index contributed by atoms with van der Waals surface area (Å²) in [6, 6.07) is 22.3. The number of hydrogen-bond donors (Lipinski definition) is 0. The highest BCUT2D eigenvalue weighted by Gasteiger charge is 2.30. The molecule has 0 saturated heterocycles. The van der Waals surface area contributed by atoms with E-state index in [9.17, 15) is 0 Å². The zero-order chi connectivity index (χ0) is 21.8. The summed E-state index contributed by atoms with van der Waals surface area (Å²) in [5.74, 6) is 1.30. The van der Waals surface area contributed by atoms with Gasteiger partial charge in [0.1, 0.15) is 0 Å². The minimum absolute atomic E-state index is 0.524. The minimum atomic E-state index is 0.524. The average molecular weight is 419 g/mol. The van der Waals surface area contributed by atoms with Crippen LogP contribution in [-0.4, -0.2) is 0 Å². The van der Waals surface area contributed by atoms with Gasteiger partial charge in [0.05, 0.1) is 0 Å². The van der Waals surface area contributed by atoms with E-state index in [1.807, 2.05) is 0 Å². The van der Waals surface area contributed by atoms with Crippen LogP contribution in [0.15, 0.2) is 60.7 Å². The minimum Gasteiger partial charge on any atom is -0.0654 e. The van der Waals surface area contributed by atoms with Crippen molar-refractivity contribution in [2.75, 3.05) is 0 Å². The Morgan fingerprint density at radius 1 is 0.710 bits per heavy atom. The summed E-state index contributed by atoms with van der Waals surface area (Å²) in [6.07, 6.45) is 20.2. The Bertz CT molecular complexity index is 656. The van der Waals surface area contributed by atoms with Crippen molar-refractivity contribution in [2.24, 2.45) is 11.3 Å². The molecule has 1 fully saturated rings. The fourth-order valence-corrected chi connectivity index (χ4v) is 6.03. The molecule has 1 unspecified atom stereocenters. The lowest BCUT2D eigenvalue weighted by molar-refractivity contribution is 0.146. The molecule has 0 amide bonds. The molecule has 31 heavy (non-hydrogen) atoms. The average Bonchev–Trinajstić information content (AvgIpc) is 2.82. The van der Waals surface area contributed by atoms with Gasteiger partial charge in [-0.25, -0.2) is 0 Å². The molecule has 0 aromatic heterocycles. The molecular weight excluding hydrogens is 372 g/mol. The van der Waals surface area contributed by atoms with Crippen molar-refractivity contribution >= 4 is 0 Å². The molecule has 1 saturated carbocycles. The third-order valence-electron chi connectivity index (χ3n) is 7.92. The summed E-state index contributed by atoms with van der Waals surface area (Å²) in [5.41, 5.74) is 3.64. The van der Waals surface area contributed by atoms with Crippen molar-refractivity contribution < 1.29 is 0 Å². The Morgan fingerprint density at radius 3 is 1.81 bits per heavy atom. The first-order chi connectivity index (χ1) is 15.2. The second-order valence-electron chi connectivity index (χ2n) is 10.5. The Kier molecular flexibility index (Phi) is 10.2. The van der Waals surface area contributed by atoms with Crippen LogP contribution in [-0.2, 0) is 0 Å². The lowest BCUT2D eigenvalue weighted by Gasteiger charge is -2.38. The summed E-state index contributed by atoms with van der Waals surface area (Å²) < 4.78 is 0. The van der Waals surface area contributed by atoms with Crippen molar-refractivity contribution in [2.45, 2.75) is 110 Å². The van der Waals surface area contributed by atoms with Crippen molar-refractivity contribution in [3.63, 3.8) is 0 Å². The van der Waals surface area contributed by atoms with Gasteiger partial charge in [0.15, 0.2) is 0 Å². The van der Waals surface area contributed by atoms with E-state index in [0.717, 1.165) is 5.92 Å². The molecule has 2 aromatic rings. The molecule has 0 N–H and O–H groups in total. The van der Waals surface area contributed by atoms with E-state index in [1.54, 1.807) is 0 Å². The molecule has 1 atom stereocenters. The van der Waals surface area contributed by atoms with Gasteiger partial charge < -0.3 is 0 Å². The van der Waals surface area contributed by atoms with Crippen LogP contribution in [0.5, 0.6) is 0 Å². The third kappa shape index (κ3) is 7.81. The van der Waals surface area contributed by atoms with Gasteiger partial charge in [-0.15, -0.1) is 0 Å². The highest BCUT2D eigenvalue weighted by molar-refractivity contribution is 5.32. The molecule has 0 nitrogen and oxygen atoms in total.